The van der Waals surface area contributed by atoms with Crippen molar-refractivity contribution in [2.45, 2.75) is 13.7 Å². The van der Waals surface area contributed by atoms with E-state index in [2.05, 4.69) is 13.7 Å². The van der Waals surface area contributed by atoms with Gasteiger partial charge in [0, 0.05) is 0 Å². The number of rotatable bonds is 0. The molecule has 0 aromatic heterocycles. The van der Waals surface area contributed by atoms with Gasteiger partial charge in [-0.15, -0.1) is 0 Å². The summed E-state index contributed by atoms with van der Waals surface area (Å²) in [6.45, 7) is 0. The molecule has 0 heterocycles. The molecule has 0 saturated carbocycles. The molecular formula is C3H10Po. The topological polar surface area (TPSA) is 0 Å². The molecule has 0 aliphatic heterocycles. The maximum absolute atomic E-state index is 2.37. The van der Waals surface area contributed by atoms with Crippen LogP contribution in [0.5, 0.6) is 0 Å². The summed E-state index contributed by atoms with van der Waals surface area (Å²) in [4.78, 5) is 0. The van der Waals surface area contributed by atoms with Gasteiger partial charge < -0.3 is 0 Å². The second-order valence-corrected chi connectivity index (χ2v) is 11.8. The van der Waals surface area contributed by atoms with E-state index >= 15 is 0 Å². The Labute approximate surface area is 36.0 Å². The van der Waals surface area contributed by atoms with Crippen molar-refractivity contribution < 1.29 is 0 Å². The summed E-state index contributed by atoms with van der Waals surface area (Å²) in [7, 11) is 0. The summed E-state index contributed by atoms with van der Waals surface area (Å²) in [6.07, 6.45) is 0. The molecule has 4 heavy (non-hydrogen) atoms. The van der Waals surface area contributed by atoms with Gasteiger partial charge in [-0.25, -0.2) is 0 Å². The van der Waals surface area contributed by atoms with Gasteiger partial charge >= 0.3 is 35.8 Å². The first kappa shape index (κ1) is 4.90. The van der Waals surface area contributed by atoms with Crippen LogP contribution in [0.1, 0.15) is 0 Å². The van der Waals surface area contributed by atoms with Crippen molar-refractivity contribution in [3.05, 3.63) is 0 Å². The molecule has 0 aliphatic carbocycles. The molecule has 0 fully saturated rings. The first-order chi connectivity index (χ1) is 1.73. The summed E-state index contributed by atoms with van der Waals surface area (Å²) < 4.78 is 7.11. The summed E-state index contributed by atoms with van der Waals surface area (Å²) in [5.41, 5.74) is 0. The van der Waals surface area contributed by atoms with E-state index in [0.29, 0.717) is 0 Å². The molecule has 0 saturated heterocycles. The Bertz CT molecular complexity index is 8.00. The summed E-state index contributed by atoms with van der Waals surface area (Å²) >= 11 is -0.593. The van der Waals surface area contributed by atoms with Gasteiger partial charge in [-0.2, -0.15) is 0 Å². The Morgan fingerprint density at radius 3 is 1.00 bits per heavy atom. The molecule has 0 radical (unpaired) electrons. The SMILES string of the molecule is [CH3][PoH]([CH3])[CH3]. The molecule has 1 heteroatoms. The first-order valence-corrected chi connectivity index (χ1v) is 11.8. The van der Waals surface area contributed by atoms with Gasteiger partial charge in [-0.1, -0.05) is 0 Å². The van der Waals surface area contributed by atoms with Crippen molar-refractivity contribution in [3.63, 3.8) is 0 Å². The summed E-state index contributed by atoms with van der Waals surface area (Å²) in [5.74, 6) is 0. The minimum atomic E-state index is -0.593. The minimum absolute atomic E-state index is 0.593. The van der Waals surface area contributed by atoms with Crippen LogP contribution >= 0.6 is 0 Å². The van der Waals surface area contributed by atoms with Crippen LogP contribution in [0.15, 0.2) is 0 Å². The zero-order valence-corrected chi connectivity index (χ0v) is 6.92. The van der Waals surface area contributed by atoms with Crippen LogP contribution in [-0.2, 0) is 0 Å². The van der Waals surface area contributed by atoms with E-state index < -0.39 is 22.1 Å². The third-order valence-corrected chi connectivity index (χ3v) is 0. The fourth-order valence-electron chi connectivity index (χ4n) is 0. The Kier molecular flexibility index (Phi) is 2.64. The number of hydrogen-bond acceptors (Lipinski definition) is 0. The van der Waals surface area contributed by atoms with Gasteiger partial charge in [0.2, 0.25) is 0 Å². The Hall–Kier alpha value is 0.896. The van der Waals surface area contributed by atoms with E-state index in [1.807, 2.05) is 0 Å². The molecule has 0 atom stereocenters. The van der Waals surface area contributed by atoms with Gasteiger partial charge in [0.05, 0.1) is 0 Å². The zero-order valence-electron chi connectivity index (χ0n) is 3.45. The van der Waals surface area contributed by atoms with E-state index in [-0.39, 0.29) is 0 Å². The third-order valence-electron chi connectivity index (χ3n) is 0. The van der Waals surface area contributed by atoms with Crippen LogP contribution in [0.2, 0.25) is 13.7 Å². The molecule has 0 N–H and O–H groups in total. The maximum atomic E-state index is 2.37. The molecular weight excluding hydrogens is 245 g/mol. The fraction of sp³-hybridized carbons (Fsp3) is 1.00. The van der Waals surface area contributed by atoms with E-state index in [9.17, 15) is 0 Å². The van der Waals surface area contributed by atoms with Crippen LogP contribution < -0.4 is 0 Å². The number of hydrogen-bond donors (Lipinski definition) is 0. The van der Waals surface area contributed by atoms with Crippen LogP contribution in [0.4, 0.5) is 0 Å². The van der Waals surface area contributed by atoms with Crippen molar-refractivity contribution in [2.24, 2.45) is 0 Å². The van der Waals surface area contributed by atoms with Crippen molar-refractivity contribution in [1.82, 2.24) is 0 Å². The van der Waals surface area contributed by atoms with Crippen LogP contribution in [0.25, 0.3) is 0 Å². The quantitative estimate of drug-likeness (QED) is 0.608. The second kappa shape index (κ2) is 2.15. The van der Waals surface area contributed by atoms with Gasteiger partial charge in [0.25, 0.3) is 0 Å². The predicted molar refractivity (Wildman–Crippen MR) is 24.7 cm³/mol. The first-order valence-electron chi connectivity index (χ1n) is 1.34. The van der Waals surface area contributed by atoms with Crippen molar-refractivity contribution in [1.29, 1.82) is 0 Å². The molecule has 0 unspecified atom stereocenters. The molecule has 0 aromatic carbocycles. The van der Waals surface area contributed by atoms with Gasteiger partial charge in [0.1, 0.15) is 0 Å². The molecule has 0 aromatic rings. The molecule has 0 spiro atoms. The Morgan fingerprint density at radius 1 is 1.00 bits per heavy atom. The van der Waals surface area contributed by atoms with Gasteiger partial charge in [0.15, 0.2) is 0 Å². The fourth-order valence-corrected chi connectivity index (χ4v) is 0. The van der Waals surface area contributed by atoms with Gasteiger partial charge in [-0.05, 0) is 0 Å². The van der Waals surface area contributed by atoms with Crippen LogP contribution in [0, 0.1) is 0 Å². The molecule has 28 valence electrons. The molecule has 0 amide bonds. The van der Waals surface area contributed by atoms with Crippen LogP contribution in [0.3, 0.4) is 0 Å². The predicted octanol–water partition coefficient (Wildman–Crippen LogP) is 1.10. The molecule has 0 nitrogen and oxygen atoms in total. The Balaban J connectivity index is 2.32. The van der Waals surface area contributed by atoms with Crippen molar-refractivity contribution in [2.75, 3.05) is 0 Å². The summed E-state index contributed by atoms with van der Waals surface area (Å²) in [6, 6.07) is 0. The Morgan fingerprint density at radius 2 is 1.00 bits per heavy atom. The molecule has 0 rings (SSSR count). The van der Waals surface area contributed by atoms with Crippen molar-refractivity contribution >= 4 is 22.1 Å². The summed E-state index contributed by atoms with van der Waals surface area (Å²) in [5, 5.41) is 0. The average molecular weight is 255 g/mol. The van der Waals surface area contributed by atoms with Crippen LogP contribution in [-0.4, -0.2) is 22.1 Å². The monoisotopic (exact) mass is 255 g/mol. The van der Waals surface area contributed by atoms with E-state index in [1.54, 1.807) is 0 Å². The van der Waals surface area contributed by atoms with Crippen molar-refractivity contribution in [3.8, 4) is 0 Å². The molecule has 0 aliphatic rings. The standard InChI is InChI=1S/3CH3.Po.H/h3*1H3;;. The third kappa shape index (κ3) is 13.0. The second-order valence-electron chi connectivity index (χ2n) is 1.34. The molecule has 0 bridgehead atoms. The average Bonchev–Trinajstić information content (AvgIpc) is 0.811. The van der Waals surface area contributed by atoms with E-state index in [0.717, 1.165) is 0 Å². The van der Waals surface area contributed by atoms with E-state index in [1.165, 1.54) is 0 Å². The van der Waals surface area contributed by atoms with E-state index in [4.69, 9.17) is 0 Å². The zero-order chi connectivity index (χ0) is 3.58. The van der Waals surface area contributed by atoms with Gasteiger partial charge in [-0.3, -0.25) is 0 Å². The normalized spacial score (nSPS) is 11.2.